The van der Waals surface area contributed by atoms with Gasteiger partial charge in [0.2, 0.25) is 10.0 Å². The standard InChI is InChI=1S/C17H25N3O4S/c1-17(2,3)12-19-7-9-20(10-8-19)25(22,23)13-5-6-14-15(11-13)24-16(21)18(14)4/h5-6,11H,7-10,12H2,1-4H3. The van der Waals surface area contributed by atoms with Crippen molar-refractivity contribution in [3.8, 4) is 0 Å². The van der Waals surface area contributed by atoms with Gasteiger partial charge in [0.05, 0.1) is 10.4 Å². The fourth-order valence-electron chi connectivity index (χ4n) is 3.22. The summed E-state index contributed by atoms with van der Waals surface area (Å²) in [5.41, 5.74) is 1.07. The number of rotatable bonds is 3. The summed E-state index contributed by atoms with van der Waals surface area (Å²) in [6.45, 7) is 9.86. The number of aromatic nitrogens is 1. The van der Waals surface area contributed by atoms with E-state index in [1.165, 1.54) is 21.0 Å². The van der Waals surface area contributed by atoms with E-state index in [4.69, 9.17) is 4.42 Å². The van der Waals surface area contributed by atoms with Crippen molar-refractivity contribution in [1.29, 1.82) is 0 Å². The Kier molecular flexibility index (Phi) is 4.55. The lowest BCUT2D eigenvalue weighted by atomic mass is 9.96. The smallest absolute Gasteiger partial charge is 0.408 e. The Bertz CT molecular complexity index is 929. The van der Waals surface area contributed by atoms with Crippen molar-refractivity contribution < 1.29 is 12.8 Å². The molecule has 0 unspecified atom stereocenters. The number of oxazole rings is 1. The maximum Gasteiger partial charge on any atom is 0.419 e. The zero-order valence-electron chi connectivity index (χ0n) is 15.2. The van der Waals surface area contributed by atoms with Gasteiger partial charge in [-0.05, 0) is 17.5 Å². The Hall–Kier alpha value is -1.64. The molecular weight excluding hydrogens is 342 g/mol. The minimum Gasteiger partial charge on any atom is -0.408 e. The molecule has 2 heterocycles. The third kappa shape index (κ3) is 3.65. The molecule has 8 heteroatoms. The van der Waals surface area contributed by atoms with Gasteiger partial charge in [-0.15, -0.1) is 0 Å². The van der Waals surface area contributed by atoms with Gasteiger partial charge in [0, 0.05) is 45.8 Å². The number of hydrogen-bond acceptors (Lipinski definition) is 5. The molecule has 25 heavy (non-hydrogen) atoms. The largest absolute Gasteiger partial charge is 0.419 e. The molecule has 0 aliphatic carbocycles. The lowest BCUT2D eigenvalue weighted by Gasteiger charge is -2.37. The fraction of sp³-hybridized carbons (Fsp3) is 0.588. The number of fused-ring (bicyclic) bond motifs is 1. The molecule has 1 aliphatic heterocycles. The number of benzene rings is 1. The van der Waals surface area contributed by atoms with Crippen LogP contribution < -0.4 is 5.76 Å². The van der Waals surface area contributed by atoms with E-state index in [1.807, 2.05) is 0 Å². The van der Waals surface area contributed by atoms with Crippen LogP contribution in [0.5, 0.6) is 0 Å². The summed E-state index contributed by atoms with van der Waals surface area (Å²) in [6, 6.07) is 4.59. The van der Waals surface area contributed by atoms with Gasteiger partial charge in [-0.3, -0.25) is 4.57 Å². The molecule has 0 saturated carbocycles. The van der Waals surface area contributed by atoms with Crippen LogP contribution in [0.15, 0.2) is 32.3 Å². The number of sulfonamides is 1. The molecule has 7 nitrogen and oxygen atoms in total. The van der Waals surface area contributed by atoms with Gasteiger partial charge in [-0.25, -0.2) is 13.2 Å². The van der Waals surface area contributed by atoms with Crippen LogP contribution in [-0.2, 0) is 17.1 Å². The zero-order valence-corrected chi connectivity index (χ0v) is 16.0. The van der Waals surface area contributed by atoms with Crippen molar-refractivity contribution in [3.05, 3.63) is 28.7 Å². The van der Waals surface area contributed by atoms with E-state index < -0.39 is 15.8 Å². The molecule has 0 atom stereocenters. The second-order valence-electron chi connectivity index (χ2n) is 7.80. The monoisotopic (exact) mass is 367 g/mol. The average molecular weight is 367 g/mol. The molecule has 138 valence electrons. The Morgan fingerprint density at radius 2 is 1.76 bits per heavy atom. The van der Waals surface area contributed by atoms with E-state index in [0.29, 0.717) is 24.2 Å². The van der Waals surface area contributed by atoms with Gasteiger partial charge >= 0.3 is 5.76 Å². The summed E-state index contributed by atoms with van der Waals surface area (Å²) in [7, 11) is -1.99. The van der Waals surface area contributed by atoms with Gasteiger partial charge in [-0.1, -0.05) is 20.8 Å². The number of aryl methyl sites for hydroxylation is 1. The van der Waals surface area contributed by atoms with Crippen molar-refractivity contribution in [2.24, 2.45) is 12.5 Å². The van der Waals surface area contributed by atoms with E-state index in [9.17, 15) is 13.2 Å². The minimum atomic E-state index is -3.59. The maximum absolute atomic E-state index is 12.9. The fourth-order valence-corrected chi connectivity index (χ4v) is 4.66. The van der Waals surface area contributed by atoms with Gasteiger partial charge in [-0.2, -0.15) is 4.31 Å². The van der Waals surface area contributed by atoms with Crippen LogP contribution >= 0.6 is 0 Å². The first kappa shape index (κ1) is 18.2. The first-order chi connectivity index (χ1) is 11.6. The molecule has 0 N–H and O–H groups in total. The summed E-state index contributed by atoms with van der Waals surface area (Å²) in [5, 5.41) is 0. The molecule has 0 bridgehead atoms. The highest BCUT2D eigenvalue weighted by molar-refractivity contribution is 7.89. The SMILES string of the molecule is Cn1c(=O)oc2cc(S(=O)(=O)N3CCN(CC(C)(C)C)CC3)ccc21. The molecule has 3 rings (SSSR count). The highest BCUT2D eigenvalue weighted by Gasteiger charge is 2.30. The second kappa shape index (κ2) is 6.26. The third-order valence-corrected chi connectivity index (χ3v) is 6.33. The molecule has 0 radical (unpaired) electrons. The average Bonchev–Trinajstić information content (AvgIpc) is 2.80. The van der Waals surface area contributed by atoms with Crippen molar-refractivity contribution in [1.82, 2.24) is 13.8 Å². The van der Waals surface area contributed by atoms with Crippen LogP contribution in [0.3, 0.4) is 0 Å². The Labute approximate surface area is 147 Å². The van der Waals surface area contributed by atoms with E-state index in [2.05, 4.69) is 25.7 Å². The first-order valence-corrected chi connectivity index (χ1v) is 9.84. The summed E-state index contributed by atoms with van der Waals surface area (Å²) in [6.07, 6.45) is 0. The predicted octanol–water partition coefficient (Wildman–Crippen LogP) is 1.48. The second-order valence-corrected chi connectivity index (χ2v) is 9.74. The Morgan fingerprint density at radius 3 is 2.36 bits per heavy atom. The molecule has 0 spiro atoms. The lowest BCUT2D eigenvalue weighted by molar-refractivity contribution is 0.141. The Balaban J connectivity index is 1.80. The molecular formula is C17H25N3O4S. The van der Waals surface area contributed by atoms with Crippen LogP contribution in [0.2, 0.25) is 0 Å². The molecule has 0 amide bonds. The molecule has 1 aromatic heterocycles. The molecule has 1 aliphatic rings. The van der Waals surface area contributed by atoms with Gasteiger partial charge in [0.25, 0.3) is 0 Å². The number of nitrogens with zero attached hydrogens (tertiary/aromatic N) is 3. The quantitative estimate of drug-likeness (QED) is 0.821. The predicted molar refractivity (Wildman–Crippen MR) is 96.1 cm³/mol. The van der Waals surface area contributed by atoms with Crippen LogP contribution in [0.4, 0.5) is 0 Å². The van der Waals surface area contributed by atoms with E-state index in [0.717, 1.165) is 19.6 Å². The maximum atomic E-state index is 12.9. The lowest BCUT2D eigenvalue weighted by Crippen LogP contribution is -2.50. The minimum absolute atomic E-state index is 0.165. The van der Waals surface area contributed by atoms with E-state index in [-0.39, 0.29) is 10.3 Å². The van der Waals surface area contributed by atoms with E-state index in [1.54, 1.807) is 13.1 Å². The van der Waals surface area contributed by atoms with Crippen molar-refractivity contribution in [2.75, 3.05) is 32.7 Å². The van der Waals surface area contributed by atoms with Crippen molar-refractivity contribution >= 4 is 21.1 Å². The molecule has 2 aromatic rings. The summed E-state index contributed by atoms with van der Waals surface area (Å²) in [5.74, 6) is -0.500. The van der Waals surface area contributed by atoms with Crippen molar-refractivity contribution in [2.45, 2.75) is 25.7 Å². The number of hydrogen-bond donors (Lipinski definition) is 0. The van der Waals surface area contributed by atoms with Crippen LogP contribution in [0.1, 0.15) is 20.8 Å². The topological polar surface area (TPSA) is 75.8 Å². The highest BCUT2D eigenvalue weighted by atomic mass is 32.2. The Morgan fingerprint density at radius 1 is 1.12 bits per heavy atom. The van der Waals surface area contributed by atoms with Crippen molar-refractivity contribution in [3.63, 3.8) is 0 Å². The summed E-state index contributed by atoms with van der Waals surface area (Å²) >= 11 is 0. The first-order valence-electron chi connectivity index (χ1n) is 8.40. The molecule has 1 saturated heterocycles. The molecule has 1 fully saturated rings. The van der Waals surface area contributed by atoms with Crippen LogP contribution in [0, 0.1) is 5.41 Å². The van der Waals surface area contributed by atoms with Gasteiger partial charge in [0.15, 0.2) is 5.58 Å². The zero-order chi connectivity index (χ0) is 18.4. The normalized spacial score (nSPS) is 18.1. The van der Waals surface area contributed by atoms with Crippen LogP contribution in [0.25, 0.3) is 11.1 Å². The van der Waals surface area contributed by atoms with Gasteiger partial charge in [0.1, 0.15) is 0 Å². The van der Waals surface area contributed by atoms with Gasteiger partial charge < -0.3 is 9.32 Å². The van der Waals surface area contributed by atoms with Crippen LogP contribution in [-0.4, -0.2) is 54.9 Å². The summed E-state index contributed by atoms with van der Waals surface area (Å²) in [4.78, 5) is 14.0. The van der Waals surface area contributed by atoms with E-state index >= 15 is 0 Å². The third-order valence-electron chi connectivity index (χ3n) is 4.43. The summed E-state index contributed by atoms with van der Waals surface area (Å²) < 4.78 is 33.8. The molecule has 1 aromatic carbocycles. The number of piperazine rings is 1. The highest BCUT2D eigenvalue weighted by Crippen LogP contribution is 2.23.